The lowest BCUT2D eigenvalue weighted by Gasteiger charge is -2.45. The van der Waals surface area contributed by atoms with E-state index in [9.17, 15) is 28.8 Å². The molecule has 0 bridgehead atoms. The number of hydrogen-bond donors (Lipinski definition) is 2. The van der Waals surface area contributed by atoms with Gasteiger partial charge in [0.1, 0.15) is 35.6 Å². The van der Waals surface area contributed by atoms with Crippen LogP contribution in [0.3, 0.4) is 0 Å². The lowest BCUT2D eigenvalue weighted by Crippen LogP contribution is -2.65. The topological polar surface area (TPSA) is 212 Å². The quantitative estimate of drug-likeness (QED) is 0.126. The van der Waals surface area contributed by atoms with E-state index in [0.29, 0.717) is 19.3 Å². The number of aliphatic imine (C=N–C) groups is 1. The van der Waals surface area contributed by atoms with E-state index in [4.69, 9.17) is 29.8 Å². The van der Waals surface area contributed by atoms with Crippen molar-refractivity contribution >= 4 is 47.7 Å². The average Bonchev–Trinajstić information content (AvgIpc) is 3.65. The lowest BCUT2D eigenvalue weighted by molar-refractivity contribution is -0.175. The van der Waals surface area contributed by atoms with E-state index < -0.39 is 82.7 Å². The van der Waals surface area contributed by atoms with Crippen molar-refractivity contribution in [2.24, 2.45) is 10.7 Å². The predicted octanol–water partition coefficient (Wildman–Crippen LogP) is 3.43. The lowest BCUT2D eigenvalue weighted by atomic mass is 9.79. The first-order chi connectivity index (χ1) is 22.7. The molecule has 2 atom stereocenters. The third-order valence-corrected chi connectivity index (χ3v) is 7.91. The Morgan fingerprint density at radius 3 is 2.22 bits per heavy atom. The van der Waals surface area contributed by atoms with E-state index in [-0.39, 0.29) is 37.1 Å². The zero-order valence-corrected chi connectivity index (χ0v) is 29.7. The van der Waals surface area contributed by atoms with E-state index in [1.165, 1.54) is 11.8 Å². The van der Waals surface area contributed by atoms with Gasteiger partial charge in [-0.05, 0) is 74.1 Å². The molecule has 1 aromatic heterocycles. The maximum absolute atomic E-state index is 14.7. The summed E-state index contributed by atoms with van der Waals surface area (Å²) in [6.45, 7) is 12.4. The highest BCUT2D eigenvalue weighted by molar-refractivity contribution is 6.26. The van der Waals surface area contributed by atoms with Gasteiger partial charge in [0, 0.05) is 19.5 Å². The molecule has 0 aromatic carbocycles. The molecule has 1 aliphatic carbocycles. The van der Waals surface area contributed by atoms with Gasteiger partial charge in [-0.15, -0.1) is 0 Å². The van der Waals surface area contributed by atoms with Gasteiger partial charge in [0.2, 0.25) is 5.91 Å². The van der Waals surface area contributed by atoms with Crippen molar-refractivity contribution in [1.29, 1.82) is 5.41 Å². The molecule has 2 aliphatic rings. The molecule has 3 N–H and O–H groups in total. The molecule has 1 aliphatic heterocycles. The molecule has 270 valence electrons. The van der Waals surface area contributed by atoms with Crippen molar-refractivity contribution in [3.63, 3.8) is 0 Å². The molecule has 0 unspecified atom stereocenters. The number of nitrogens with one attached hydrogen (secondary N) is 1. The molecule has 2 heterocycles. The van der Waals surface area contributed by atoms with E-state index in [1.54, 1.807) is 41.5 Å². The Bertz CT molecular complexity index is 1490. The number of hydrogen-bond acceptors (Lipinski definition) is 12. The highest BCUT2D eigenvalue weighted by atomic mass is 16.6. The molecule has 15 nitrogen and oxygen atoms in total. The Kier molecular flexibility index (Phi) is 12.3. The molecule has 1 saturated carbocycles. The minimum atomic E-state index is -1.74. The number of nitrogens with zero attached hydrogens (tertiary/aromatic N) is 3. The van der Waals surface area contributed by atoms with Crippen molar-refractivity contribution in [2.75, 3.05) is 6.54 Å². The largest absolute Gasteiger partial charge is 0.458 e. The molecule has 0 radical (unpaired) electrons. The summed E-state index contributed by atoms with van der Waals surface area (Å²) < 4.78 is 22.0. The summed E-state index contributed by atoms with van der Waals surface area (Å²) >= 11 is 0. The Morgan fingerprint density at radius 1 is 1.06 bits per heavy atom. The van der Waals surface area contributed by atoms with E-state index in [1.807, 2.05) is 0 Å². The minimum Gasteiger partial charge on any atom is -0.458 e. The summed E-state index contributed by atoms with van der Waals surface area (Å²) in [6.07, 6.45) is 3.48. The number of nitrogens with two attached hydrogens (primary N) is 1. The fourth-order valence-electron chi connectivity index (χ4n) is 5.87. The molecule has 2 fully saturated rings. The van der Waals surface area contributed by atoms with Crippen LogP contribution in [0, 0.1) is 5.41 Å². The summed E-state index contributed by atoms with van der Waals surface area (Å²) in [7, 11) is 0. The summed E-state index contributed by atoms with van der Waals surface area (Å²) in [6, 6.07) is -0.854. The maximum atomic E-state index is 14.7. The number of esters is 3. The molecule has 3 rings (SSSR count). The van der Waals surface area contributed by atoms with Gasteiger partial charge in [-0.2, -0.15) is 0 Å². The van der Waals surface area contributed by atoms with Crippen LogP contribution in [0.4, 0.5) is 0 Å². The number of amidine groups is 1. The second kappa shape index (κ2) is 15.4. The Balaban J connectivity index is 2.17. The van der Waals surface area contributed by atoms with E-state index in [2.05, 4.69) is 4.99 Å². The number of likely N-dealkylation sites (tertiary alicyclic amines) is 1. The highest BCUT2D eigenvalue weighted by Gasteiger charge is 2.55. The fourth-order valence-corrected chi connectivity index (χ4v) is 5.87. The second-order valence-electron chi connectivity index (χ2n) is 14.4. The van der Waals surface area contributed by atoms with Crippen LogP contribution in [0.15, 0.2) is 15.5 Å². The van der Waals surface area contributed by atoms with Crippen LogP contribution in [0.25, 0.3) is 0 Å². The minimum absolute atomic E-state index is 0.108. The molecule has 0 spiro atoms. The second-order valence-corrected chi connectivity index (χ2v) is 14.4. The number of carbonyl (C=O) groups is 6. The van der Waals surface area contributed by atoms with E-state index >= 15 is 0 Å². The first-order valence-electron chi connectivity index (χ1n) is 16.5. The highest BCUT2D eigenvalue weighted by Crippen LogP contribution is 2.39. The number of carbonyl (C=O) groups excluding carboxylic acids is 6. The molecule has 15 heteroatoms. The first-order valence-corrected chi connectivity index (χ1v) is 16.5. The Labute approximate surface area is 286 Å². The summed E-state index contributed by atoms with van der Waals surface area (Å²) in [5, 5.41) is 8.55. The van der Waals surface area contributed by atoms with Crippen LogP contribution >= 0.6 is 0 Å². The van der Waals surface area contributed by atoms with Crippen LogP contribution in [-0.4, -0.2) is 92.8 Å². The van der Waals surface area contributed by atoms with Crippen LogP contribution in [0.1, 0.15) is 122 Å². The van der Waals surface area contributed by atoms with Crippen molar-refractivity contribution in [3.05, 3.63) is 23.2 Å². The normalized spacial score (nSPS) is 18.5. The SMILES string of the molecule is CC(=O)OCc1oc(C(=O)N(C(=O)[C@@H]2CCCN2C(=O)[C@H](C)N)C2(C(=O)OC(C)(C)C)CCCCC2)cc1C(=N)N=CC(=O)OC(C)(C)C. The third-order valence-electron chi connectivity index (χ3n) is 7.91. The number of furan rings is 1. The zero-order chi connectivity index (χ0) is 36.9. The molecule has 49 heavy (non-hydrogen) atoms. The van der Waals surface area contributed by atoms with Gasteiger partial charge >= 0.3 is 17.9 Å². The van der Waals surface area contributed by atoms with Gasteiger partial charge in [0.25, 0.3) is 11.8 Å². The maximum Gasteiger partial charge on any atom is 0.349 e. The number of rotatable bonds is 9. The van der Waals surface area contributed by atoms with Gasteiger partial charge in [-0.25, -0.2) is 14.6 Å². The number of amides is 3. The molecule has 3 amide bonds. The first kappa shape index (κ1) is 39.0. The van der Waals surface area contributed by atoms with Crippen molar-refractivity contribution < 1.29 is 47.4 Å². The average molecular weight is 688 g/mol. The number of ether oxygens (including phenoxy) is 3. The third kappa shape index (κ3) is 9.83. The van der Waals surface area contributed by atoms with Crippen LogP contribution in [0.5, 0.6) is 0 Å². The van der Waals surface area contributed by atoms with Crippen LogP contribution < -0.4 is 5.73 Å². The fraction of sp³-hybridized carbons (Fsp3) is 0.647. The van der Waals surface area contributed by atoms with E-state index in [0.717, 1.165) is 30.5 Å². The summed E-state index contributed by atoms with van der Waals surface area (Å²) in [4.78, 5) is 86.5. The molecule has 1 aromatic rings. The van der Waals surface area contributed by atoms with Crippen LogP contribution in [0.2, 0.25) is 0 Å². The summed E-state index contributed by atoms with van der Waals surface area (Å²) in [5.74, 6) is -5.71. The van der Waals surface area contributed by atoms with Gasteiger partial charge in [0.05, 0.1) is 11.6 Å². The Hall–Kier alpha value is -4.40. The molecular weight excluding hydrogens is 638 g/mol. The zero-order valence-electron chi connectivity index (χ0n) is 29.7. The number of imide groups is 1. The monoisotopic (exact) mass is 687 g/mol. The van der Waals surface area contributed by atoms with Gasteiger partial charge in [-0.3, -0.25) is 29.5 Å². The molecular formula is C34H49N5O10. The van der Waals surface area contributed by atoms with Crippen molar-refractivity contribution in [3.8, 4) is 0 Å². The van der Waals surface area contributed by atoms with Crippen molar-refractivity contribution in [2.45, 2.75) is 136 Å². The molecule has 1 saturated heterocycles. The predicted molar refractivity (Wildman–Crippen MR) is 177 cm³/mol. The van der Waals surface area contributed by atoms with Crippen LogP contribution in [-0.2, 0) is 44.8 Å². The Morgan fingerprint density at radius 2 is 1.67 bits per heavy atom. The van der Waals surface area contributed by atoms with Gasteiger partial charge in [0.15, 0.2) is 17.4 Å². The standard InChI is InChI=1S/C34H49N5O10/c1-20(35)28(42)38-16-12-13-23(38)29(43)39(34(14-10-9-11-15-34)31(45)49-33(6,7)8)30(44)24-17-22(25(47-24)19-46-21(2)40)27(36)37-18-26(41)48-32(3,4)5/h17-18,20,23,36H,9-16,19,35H2,1-8H3/t20-,23-/m0/s1. The van der Waals surface area contributed by atoms with Crippen molar-refractivity contribution in [1.82, 2.24) is 9.80 Å². The van der Waals surface area contributed by atoms with Gasteiger partial charge < -0.3 is 29.3 Å². The summed E-state index contributed by atoms with van der Waals surface area (Å²) in [5.41, 5.74) is 2.27. The van der Waals surface area contributed by atoms with Gasteiger partial charge in [-0.1, -0.05) is 19.3 Å². The smallest absolute Gasteiger partial charge is 0.349 e.